The molecule has 0 radical (unpaired) electrons. The van der Waals surface area contributed by atoms with Crippen LogP contribution < -0.4 is 4.90 Å². The highest BCUT2D eigenvalue weighted by Gasteiger charge is 2.38. The van der Waals surface area contributed by atoms with Crippen LogP contribution in [0.2, 0.25) is 0 Å². The van der Waals surface area contributed by atoms with E-state index >= 15 is 0 Å². The van der Waals surface area contributed by atoms with Crippen molar-refractivity contribution in [3.63, 3.8) is 0 Å². The summed E-state index contributed by atoms with van der Waals surface area (Å²) in [6.45, 7) is 2.65. The fourth-order valence-corrected chi connectivity index (χ4v) is 2.50. The van der Waals surface area contributed by atoms with Gasteiger partial charge in [0.2, 0.25) is 0 Å². The molecule has 0 spiro atoms. The van der Waals surface area contributed by atoms with E-state index in [1.54, 1.807) is 6.92 Å². The number of rotatable bonds is 2. The second-order valence-corrected chi connectivity index (χ2v) is 5.44. The van der Waals surface area contributed by atoms with Crippen molar-refractivity contribution < 1.29 is 23.1 Å². The van der Waals surface area contributed by atoms with Crippen LogP contribution >= 0.6 is 0 Å². The zero-order valence-electron chi connectivity index (χ0n) is 11.1. The van der Waals surface area contributed by atoms with E-state index < -0.39 is 23.1 Å². The third-order valence-corrected chi connectivity index (χ3v) is 3.77. The number of alkyl halides is 3. The maximum absolute atomic E-state index is 12.5. The first-order valence-electron chi connectivity index (χ1n) is 6.38. The summed E-state index contributed by atoms with van der Waals surface area (Å²) in [5.74, 6) is -0.867. The Kier molecular flexibility index (Phi) is 3.67. The third-order valence-electron chi connectivity index (χ3n) is 3.77. The number of carboxylic acid groups (broad SMARTS) is 1. The molecule has 0 saturated carbocycles. The standard InChI is InChI=1S/C14H16F3NO2/c1-13(12(19)20)7-2-8-18(9-13)11-5-3-10(4-6-11)14(15,16)17/h3-6H,2,7-9H2,1H3,(H,19,20). The lowest BCUT2D eigenvalue weighted by Gasteiger charge is -2.39. The Morgan fingerprint density at radius 1 is 1.30 bits per heavy atom. The van der Waals surface area contributed by atoms with Gasteiger partial charge in [-0.3, -0.25) is 4.79 Å². The van der Waals surface area contributed by atoms with Crippen molar-refractivity contribution in [1.82, 2.24) is 0 Å². The summed E-state index contributed by atoms with van der Waals surface area (Å²) in [7, 11) is 0. The molecule has 1 fully saturated rings. The van der Waals surface area contributed by atoms with Crippen LogP contribution in [0.15, 0.2) is 24.3 Å². The van der Waals surface area contributed by atoms with E-state index in [9.17, 15) is 23.1 Å². The molecule has 1 aliphatic rings. The fourth-order valence-electron chi connectivity index (χ4n) is 2.50. The van der Waals surface area contributed by atoms with E-state index in [4.69, 9.17) is 0 Å². The highest BCUT2D eigenvalue weighted by atomic mass is 19.4. The molecular weight excluding hydrogens is 271 g/mol. The largest absolute Gasteiger partial charge is 0.481 e. The molecule has 6 heteroatoms. The van der Waals surface area contributed by atoms with Crippen LogP contribution in [0.3, 0.4) is 0 Å². The van der Waals surface area contributed by atoms with Gasteiger partial charge >= 0.3 is 12.1 Å². The van der Waals surface area contributed by atoms with E-state index in [1.807, 2.05) is 4.90 Å². The lowest BCUT2D eigenvalue weighted by atomic mass is 9.82. The number of carboxylic acids is 1. The summed E-state index contributed by atoms with van der Waals surface area (Å²) in [5.41, 5.74) is -0.912. The summed E-state index contributed by atoms with van der Waals surface area (Å²) < 4.78 is 37.5. The first kappa shape index (κ1) is 14.7. The highest BCUT2D eigenvalue weighted by molar-refractivity contribution is 5.75. The second-order valence-electron chi connectivity index (χ2n) is 5.44. The normalized spacial score (nSPS) is 23.7. The molecular formula is C14H16F3NO2. The minimum Gasteiger partial charge on any atom is -0.481 e. The first-order chi connectivity index (χ1) is 9.22. The Morgan fingerprint density at radius 3 is 2.40 bits per heavy atom. The smallest absolute Gasteiger partial charge is 0.416 e. The number of hydrogen-bond donors (Lipinski definition) is 1. The van der Waals surface area contributed by atoms with Gasteiger partial charge in [-0.05, 0) is 44.0 Å². The topological polar surface area (TPSA) is 40.5 Å². The van der Waals surface area contributed by atoms with Crippen LogP contribution in [0.4, 0.5) is 18.9 Å². The minimum atomic E-state index is -4.35. The number of halogens is 3. The van der Waals surface area contributed by atoms with Gasteiger partial charge in [-0.15, -0.1) is 0 Å². The van der Waals surface area contributed by atoms with Crippen LogP contribution in [0, 0.1) is 5.41 Å². The second kappa shape index (κ2) is 5.00. The van der Waals surface area contributed by atoms with Crippen LogP contribution in [-0.2, 0) is 11.0 Å². The summed E-state index contributed by atoms with van der Waals surface area (Å²) in [4.78, 5) is 13.1. The molecule has 1 saturated heterocycles. The summed E-state index contributed by atoms with van der Waals surface area (Å²) in [6.07, 6.45) is -3.06. The molecule has 1 atom stereocenters. The Labute approximate surface area is 115 Å². The lowest BCUT2D eigenvalue weighted by Crippen LogP contribution is -2.46. The van der Waals surface area contributed by atoms with Crippen LogP contribution in [0.25, 0.3) is 0 Å². The molecule has 3 nitrogen and oxygen atoms in total. The molecule has 1 aliphatic heterocycles. The molecule has 1 heterocycles. The van der Waals surface area contributed by atoms with Crippen molar-refractivity contribution >= 4 is 11.7 Å². The predicted molar refractivity (Wildman–Crippen MR) is 68.6 cm³/mol. The zero-order chi connectivity index (χ0) is 15.0. The minimum absolute atomic E-state index is 0.313. The Balaban J connectivity index is 2.18. The van der Waals surface area contributed by atoms with Gasteiger partial charge < -0.3 is 10.0 Å². The van der Waals surface area contributed by atoms with Gasteiger partial charge in [-0.1, -0.05) is 0 Å². The van der Waals surface area contributed by atoms with Crippen molar-refractivity contribution in [3.05, 3.63) is 29.8 Å². The number of piperidine rings is 1. The van der Waals surface area contributed by atoms with Gasteiger partial charge in [-0.2, -0.15) is 13.2 Å². The van der Waals surface area contributed by atoms with Crippen LogP contribution in [0.1, 0.15) is 25.3 Å². The Bertz CT molecular complexity index is 498. The predicted octanol–water partition coefficient (Wildman–Crippen LogP) is 3.40. The monoisotopic (exact) mass is 287 g/mol. The maximum atomic E-state index is 12.5. The van der Waals surface area contributed by atoms with E-state index in [1.165, 1.54) is 12.1 Å². The highest BCUT2D eigenvalue weighted by Crippen LogP contribution is 2.34. The molecule has 0 aliphatic carbocycles. The maximum Gasteiger partial charge on any atom is 0.416 e. The summed E-state index contributed by atoms with van der Waals surface area (Å²) in [5, 5.41) is 9.24. The third kappa shape index (κ3) is 2.89. The van der Waals surface area contributed by atoms with E-state index in [0.29, 0.717) is 31.6 Å². The number of nitrogens with zero attached hydrogens (tertiary/aromatic N) is 1. The average molecular weight is 287 g/mol. The first-order valence-corrected chi connectivity index (χ1v) is 6.38. The molecule has 20 heavy (non-hydrogen) atoms. The lowest BCUT2D eigenvalue weighted by molar-refractivity contribution is -0.148. The average Bonchev–Trinajstić information content (AvgIpc) is 2.38. The van der Waals surface area contributed by atoms with Crippen molar-refractivity contribution in [3.8, 4) is 0 Å². The molecule has 1 aromatic rings. The number of carbonyl (C=O) groups is 1. The Hall–Kier alpha value is -1.72. The van der Waals surface area contributed by atoms with E-state index in [0.717, 1.165) is 12.1 Å². The SMILES string of the molecule is CC1(C(=O)O)CCCN(c2ccc(C(F)(F)F)cc2)C1. The zero-order valence-corrected chi connectivity index (χ0v) is 11.1. The number of aliphatic carboxylic acids is 1. The number of hydrogen-bond acceptors (Lipinski definition) is 2. The van der Waals surface area contributed by atoms with Crippen molar-refractivity contribution in [2.75, 3.05) is 18.0 Å². The molecule has 0 aromatic heterocycles. The molecule has 1 unspecified atom stereocenters. The molecule has 0 bridgehead atoms. The van der Waals surface area contributed by atoms with Gasteiger partial charge in [0.1, 0.15) is 0 Å². The molecule has 2 rings (SSSR count). The quantitative estimate of drug-likeness (QED) is 0.906. The molecule has 110 valence electrons. The number of anilines is 1. The van der Waals surface area contributed by atoms with Crippen LogP contribution in [-0.4, -0.2) is 24.2 Å². The fraction of sp³-hybridized carbons (Fsp3) is 0.500. The van der Waals surface area contributed by atoms with Crippen molar-refractivity contribution in [2.24, 2.45) is 5.41 Å². The van der Waals surface area contributed by atoms with E-state index in [-0.39, 0.29) is 0 Å². The number of benzene rings is 1. The molecule has 1 N–H and O–H groups in total. The van der Waals surface area contributed by atoms with Gasteiger partial charge in [0, 0.05) is 18.8 Å². The van der Waals surface area contributed by atoms with Crippen molar-refractivity contribution in [2.45, 2.75) is 25.9 Å². The van der Waals surface area contributed by atoms with Gasteiger partial charge in [-0.25, -0.2) is 0 Å². The van der Waals surface area contributed by atoms with Gasteiger partial charge in [0.05, 0.1) is 11.0 Å². The van der Waals surface area contributed by atoms with Gasteiger partial charge in [0.15, 0.2) is 0 Å². The van der Waals surface area contributed by atoms with Gasteiger partial charge in [0.25, 0.3) is 0 Å². The van der Waals surface area contributed by atoms with Crippen LogP contribution in [0.5, 0.6) is 0 Å². The molecule has 0 amide bonds. The Morgan fingerprint density at radius 2 is 1.90 bits per heavy atom. The van der Waals surface area contributed by atoms with E-state index in [2.05, 4.69) is 0 Å². The summed E-state index contributed by atoms with van der Waals surface area (Å²) in [6, 6.07) is 4.86. The molecule has 1 aromatic carbocycles. The van der Waals surface area contributed by atoms with Crippen molar-refractivity contribution in [1.29, 1.82) is 0 Å². The summed E-state index contributed by atoms with van der Waals surface area (Å²) >= 11 is 0.